The highest BCUT2D eigenvalue weighted by molar-refractivity contribution is 5.37. The number of rotatable bonds is 5. The van der Waals surface area contributed by atoms with Crippen LogP contribution in [0.25, 0.3) is 0 Å². The Morgan fingerprint density at radius 2 is 2.56 bits per heavy atom. The second kappa shape index (κ2) is 5.31. The van der Waals surface area contributed by atoms with Crippen molar-refractivity contribution in [1.82, 2.24) is 5.32 Å². The highest BCUT2D eigenvalue weighted by atomic mass is 16.5. The molecule has 0 fully saturated rings. The molecule has 3 nitrogen and oxygen atoms in total. The summed E-state index contributed by atoms with van der Waals surface area (Å²) in [5.74, 6) is 0. The topological polar surface area (TPSA) is 38.3 Å². The van der Waals surface area contributed by atoms with Crippen LogP contribution in [0.1, 0.15) is 6.92 Å². The Hall–Kier alpha value is -0.830. The zero-order valence-electron chi connectivity index (χ0n) is 5.46. The second-order valence-corrected chi connectivity index (χ2v) is 1.57. The Bertz CT molecular complexity index is 93.1. The van der Waals surface area contributed by atoms with Crippen LogP contribution in [0.2, 0.25) is 0 Å². The van der Waals surface area contributed by atoms with E-state index in [2.05, 4.69) is 16.6 Å². The lowest BCUT2D eigenvalue weighted by atomic mass is 10.5. The van der Waals surface area contributed by atoms with E-state index in [1.807, 2.05) is 0 Å². The molecule has 0 radical (unpaired) electrons. The first kappa shape index (κ1) is 8.17. The fraction of sp³-hybridized carbons (Fsp3) is 0.500. The molecule has 0 aliphatic carbocycles. The van der Waals surface area contributed by atoms with E-state index in [4.69, 9.17) is 0 Å². The predicted octanol–water partition coefficient (Wildman–Crippen LogP) is 0.281. The molecule has 0 aliphatic rings. The van der Waals surface area contributed by atoms with Gasteiger partial charge in [-0.3, -0.25) is 10.1 Å². The molecule has 0 aromatic rings. The fourth-order valence-corrected chi connectivity index (χ4v) is 0.381. The first-order valence-electron chi connectivity index (χ1n) is 2.74. The number of hydrogen-bond acceptors (Lipinski definition) is 3. The van der Waals surface area contributed by atoms with Crippen LogP contribution < -0.4 is 5.32 Å². The summed E-state index contributed by atoms with van der Waals surface area (Å²) in [6.07, 6.45) is 1.48. The van der Waals surface area contributed by atoms with Gasteiger partial charge in [-0.2, -0.15) is 0 Å². The minimum Gasteiger partial charge on any atom is -0.449 e. The van der Waals surface area contributed by atoms with Crippen LogP contribution in [0, 0.1) is 0 Å². The fourth-order valence-electron chi connectivity index (χ4n) is 0.381. The summed E-state index contributed by atoms with van der Waals surface area (Å²) in [4.78, 5) is 9.69. The van der Waals surface area contributed by atoms with Crippen molar-refractivity contribution >= 4 is 6.47 Å². The van der Waals surface area contributed by atoms with Gasteiger partial charge < -0.3 is 4.74 Å². The van der Waals surface area contributed by atoms with Crippen LogP contribution in [0.4, 0.5) is 0 Å². The van der Waals surface area contributed by atoms with E-state index in [9.17, 15) is 4.79 Å². The normalized spacial score (nSPS) is 12.1. The quantitative estimate of drug-likeness (QED) is 0.329. The van der Waals surface area contributed by atoms with Crippen molar-refractivity contribution in [2.45, 2.75) is 13.2 Å². The van der Waals surface area contributed by atoms with Crippen LogP contribution in [-0.4, -0.2) is 19.2 Å². The van der Waals surface area contributed by atoms with Gasteiger partial charge >= 0.3 is 0 Å². The molecule has 0 heterocycles. The molecule has 0 bridgehead atoms. The first-order valence-corrected chi connectivity index (χ1v) is 2.74. The summed E-state index contributed by atoms with van der Waals surface area (Å²) in [7, 11) is 0. The monoisotopic (exact) mass is 129 g/mol. The maximum Gasteiger partial charge on any atom is 0.294 e. The maximum atomic E-state index is 9.69. The molecule has 0 aliphatic heterocycles. The first-order chi connectivity index (χ1) is 4.31. The van der Waals surface area contributed by atoms with Crippen LogP contribution in [-0.2, 0) is 9.53 Å². The van der Waals surface area contributed by atoms with E-state index in [0.29, 0.717) is 13.0 Å². The van der Waals surface area contributed by atoms with Gasteiger partial charge in [-0.15, -0.1) is 6.58 Å². The van der Waals surface area contributed by atoms with Gasteiger partial charge in [-0.05, 0) is 6.92 Å². The Kier molecular flexibility index (Phi) is 4.82. The standard InChI is InChI=1S/C6H11NO2/c1-3-4-7-6(2)9-5-8/h3,5-7H,1,4H2,2H3. The molecule has 0 spiro atoms. The highest BCUT2D eigenvalue weighted by Gasteiger charge is 1.94. The lowest BCUT2D eigenvalue weighted by Gasteiger charge is -2.08. The average molecular weight is 129 g/mol. The molecule has 52 valence electrons. The van der Waals surface area contributed by atoms with E-state index in [1.165, 1.54) is 0 Å². The van der Waals surface area contributed by atoms with Crippen molar-refractivity contribution in [1.29, 1.82) is 0 Å². The summed E-state index contributed by atoms with van der Waals surface area (Å²) in [5, 5.41) is 2.86. The van der Waals surface area contributed by atoms with Gasteiger partial charge in [0.25, 0.3) is 6.47 Å². The molecule has 0 aromatic heterocycles. The molecule has 0 rings (SSSR count). The Morgan fingerprint density at radius 1 is 1.89 bits per heavy atom. The van der Waals surface area contributed by atoms with Crippen molar-refractivity contribution in [3.8, 4) is 0 Å². The Balaban J connectivity index is 3.14. The maximum absolute atomic E-state index is 9.69. The number of carbonyl (C=O) groups excluding carboxylic acids is 1. The van der Waals surface area contributed by atoms with E-state index in [0.717, 1.165) is 0 Å². The Labute approximate surface area is 54.7 Å². The van der Waals surface area contributed by atoms with Crippen molar-refractivity contribution in [2.75, 3.05) is 6.54 Å². The number of hydrogen-bond donors (Lipinski definition) is 1. The molecule has 1 unspecified atom stereocenters. The second-order valence-electron chi connectivity index (χ2n) is 1.57. The third-order valence-electron chi connectivity index (χ3n) is 0.809. The SMILES string of the molecule is C=CCNC(C)OC=O. The number of nitrogens with one attached hydrogen (secondary N) is 1. The van der Waals surface area contributed by atoms with Gasteiger partial charge in [0.2, 0.25) is 0 Å². The van der Waals surface area contributed by atoms with Crippen LogP contribution >= 0.6 is 0 Å². The van der Waals surface area contributed by atoms with Gasteiger partial charge in [-0.1, -0.05) is 6.08 Å². The van der Waals surface area contributed by atoms with Gasteiger partial charge in [0.1, 0.15) is 6.23 Å². The predicted molar refractivity (Wildman–Crippen MR) is 34.8 cm³/mol. The zero-order chi connectivity index (χ0) is 7.11. The summed E-state index contributed by atoms with van der Waals surface area (Å²) in [6, 6.07) is 0. The lowest BCUT2D eigenvalue weighted by molar-refractivity contribution is -0.133. The van der Waals surface area contributed by atoms with E-state index in [1.54, 1.807) is 13.0 Å². The molecule has 0 saturated carbocycles. The molecule has 0 amide bonds. The van der Waals surface area contributed by atoms with Crippen LogP contribution in [0.15, 0.2) is 12.7 Å². The lowest BCUT2D eigenvalue weighted by Crippen LogP contribution is -2.28. The summed E-state index contributed by atoms with van der Waals surface area (Å²) < 4.78 is 4.50. The molecular weight excluding hydrogens is 118 g/mol. The Morgan fingerprint density at radius 3 is 3.00 bits per heavy atom. The third-order valence-corrected chi connectivity index (χ3v) is 0.809. The molecule has 0 saturated heterocycles. The average Bonchev–Trinajstić information content (AvgIpc) is 1.85. The van der Waals surface area contributed by atoms with Crippen molar-refractivity contribution in [3.05, 3.63) is 12.7 Å². The van der Waals surface area contributed by atoms with E-state index in [-0.39, 0.29) is 6.23 Å². The van der Waals surface area contributed by atoms with Gasteiger partial charge in [0.15, 0.2) is 0 Å². The summed E-state index contributed by atoms with van der Waals surface area (Å²) in [5.41, 5.74) is 0. The van der Waals surface area contributed by atoms with Crippen molar-refractivity contribution < 1.29 is 9.53 Å². The molecular formula is C6H11NO2. The minimum absolute atomic E-state index is 0.222. The largest absolute Gasteiger partial charge is 0.449 e. The van der Waals surface area contributed by atoms with E-state index >= 15 is 0 Å². The van der Waals surface area contributed by atoms with Crippen LogP contribution in [0.5, 0.6) is 0 Å². The smallest absolute Gasteiger partial charge is 0.294 e. The minimum atomic E-state index is -0.222. The summed E-state index contributed by atoms with van der Waals surface area (Å²) in [6.45, 7) is 6.30. The molecule has 1 N–H and O–H groups in total. The van der Waals surface area contributed by atoms with Gasteiger partial charge in [0, 0.05) is 6.54 Å². The van der Waals surface area contributed by atoms with Gasteiger partial charge in [-0.25, -0.2) is 0 Å². The molecule has 3 heteroatoms. The molecule has 9 heavy (non-hydrogen) atoms. The summed E-state index contributed by atoms with van der Waals surface area (Å²) >= 11 is 0. The number of ether oxygens (including phenoxy) is 1. The number of carbonyl (C=O) groups is 1. The van der Waals surface area contributed by atoms with Gasteiger partial charge in [0.05, 0.1) is 0 Å². The van der Waals surface area contributed by atoms with Crippen molar-refractivity contribution in [2.24, 2.45) is 0 Å². The molecule has 0 aromatic carbocycles. The van der Waals surface area contributed by atoms with Crippen molar-refractivity contribution in [3.63, 3.8) is 0 Å². The third kappa shape index (κ3) is 5.03. The zero-order valence-corrected chi connectivity index (χ0v) is 5.46. The molecule has 1 atom stereocenters. The van der Waals surface area contributed by atoms with E-state index < -0.39 is 0 Å². The highest BCUT2D eigenvalue weighted by Crippen LogP contribution is 1.78. The van der Waals surface area contributed by atoms with Crippen LogP contribution in [0.3, 0.4) is 0 Å².